The molecule has 207 valence electrons. The number of nitrogens with zero attached hydrogens (tertiary/aromatic N) is 6. The Morgan fingerprint density at radius 3 is 1.42 bits per heavy atom. The minimum absolute atomic E-state index is 0.128. The lowest BCUT2D eigenvalue weighted by Crippen LogP contribution is -2.60. The Kier molecular flexibility index (Phi) is 12.2. The van der Waals surface area contributed by atoms with E-state index in [0.717, 1.165) is 102 Å². The molecular weight excluding hydrogens is 450 g/mol. The van der Waals surface area contributed by atoms with Crippen LogP contribution in [0.3, 0.4) is 0 Å². The molecule has 0 unspecified atom stereocenters. The number of hydrogen-bond acceptors (Lipinski definition) is 7. The van der Waals surface area contributed by atoms with Crippen molar-refractivity contribution in [2.75, 3.05) is 41.3 Å². The molecule has 36 heavy (non-hydrogen) atoms. The highest BCUT2D eigenvalue weighted by molar-refractivity contribution is 5.46. The van der Waals surface area contributed by atoms with E-state index >= 15 is 0 Å². The van der Waals surface area contributed by atoms with Crippen LogP contribution in [-0.2, 0) is 5.21 Å². The van der Waals surface area contributed by atoms with Crippen LogP contribution in [0.2, 0.25) is 0 Å². The van der Waals surface area contributed by atoms with Gasteiger partial charge in [-0.15, -0.1) is 10.3 Å². The first kappa shape index (κ1) is 30.6. The standard InChI is InChI=1S/C28H54N7O/c1-9-13-17-33(18-14-10-2)25-30-24(29-23-21-27(5,6)35(36)28(7,8)22-23)31-26(32-25)34(19-15-11-3)20-16-12-4/h23H,9-22H2,1-8H3,(H,29,30,31,32). The molecule has 1 radical (unpaired) electrons. The first-order chi connectivity index (χ1) is 17.1. The maximum Gasteiger partial charge on any atom is 0.231 e. The molecule has 1 aliphatic heterocycles. The fourth-order valence-corrected chi connectivity index (χ4v) is 5.27. The van der Waals surface area contributed by atoms with Crippen molar-refractivity contribution >= 4 is 17.8 Å². The molecule has 0 spiro atoms. The predicted octanol–water partition coefficient (Wildman–Crippen LogP) is 6.46. The Morgan fingerprint density at radius 1 is 0.722 bits per heavy atom. The molecule has 0 saturated carbocycles. The normalized spacial score (nSPS) is 17.8. The predicted molar refractivity (Wildman–Crippen MR) is 151 cm³/mol. The van der Waals surface area contributed by atoms with Gasteiger partial charge in [0.15, 0.2) is 0 Å². The largest absolute Gasteiger partial charge is 0.351 e. The summed E-state index contributed by atoms with van der Waals surface area (Å²) in [6.07, 6.45) is 10.5. The number of unbranched alkanes of at least 4 members (excludes halogenated alkanes) is 4. The number of hydroxylamine groups is 2. The van der Waals surface area contributed by atoms with Crippen LogP contribution in [-0.4, -0.2) is 63.3 Å². The lowest BCUT2D eigenvalue weighted by Gasteiger charge is -2.50. The molecule has 1 aromatic rings. The van der Waals surface area contributed by atoms with Gasteiger partial charge in [0.2, 0.25) is 17.8 Å². The average Bonchev–Trinajstić information content (AvgIpc) is 2.82. The van der Waals surface area contributed by atoms with Gasteiger partial charge in [-0.2, -0.15) is 15.0 Å². The van der Waals surface area contributed by atoms with Gasteiger partial charge in [0.1, 0.15) is 0 Å². The van der Waals surface area contributed by atoms with E-state index in [-0.39, 0.29) is 6.04 Å². The Morgan fingerprint density at radius 2 is 1.08 bits per heavy atom. The molecule has 8 heteroatoms. The van der Waals surface area contributed by atoms with Crippen molar-refractivity contribution in [2.45, 2.75) is 137 Å². The topological polar surface area (TPSA) is 80.3 Å². The highest BCUT2D eigenvalue weighted by Gasteiger charge is 2.46. The summed E-state index contributed by atoms with van der Waals surface area (Å²) in [6.45, 7) is 20.9. The van der Waals surface area contributed by atoms with E-state index in [1.807, 2.05) is 27.7 Å². The summed E-state index contributed by atoms with van der Waals surface area (Å²) in [6, 6.07) is 0.128. The average molecular weight is 505 g/mol. The molecular formula is C28H54N7O. The molecule has 0 bridgehead atoms. The van der Waals surface area contributed by atoms with Crippen LogP contribution in [0.5, 0.6) is 0 Å². The number of piperidine rings is 1. The summed E-state index contributed by atoms with van der Waals surface area (Å²) >= 11 is 0. The minimum Gasteiger partial charge on any atom is -0.351 e. The van der Waals surface area contributed by atoms with Gasteiger partial charge in [-0.1, -0.05) is 53.4 Å². The van der Waals surface area contributed by atoms with Crippen molar-refractivity contribution in [1.82, 2.24) is 20.0 Å². The highest BCUT2D eigenvalue weighted by atomic mass is 16.5. The molecule has 1 aromatic heterocycles. The second kappa shape index (κ2) is 14.3. The molecule has 1 aliphatic rings. The van der Waals surface area contributed by atoms with Gasteiger partial charge >= 0.3 is 0 Å². The van der Waals surface area contributed by atoms with Crippen molar-refractivity contribution in [2.24, 2.45) is 0 Å². The third kappa shape index (κ3) is 8.72. The molecule has 8 nitrogen and oxygen atoms in total. The summed E-state index contributed by atoms with van der Waals surface area (Å²) in [5.74, 6) is 2.20. The zero-order valence-electron chi connectivity index (χ0n) is 24.6. The van der Waals surface area contributed by atoms with Crippen molar-refractivity contribution in [3.8, 4) is 0 Å². The van der Waals surface area contributed by atoms with Crippen LogP contribution in [0.4, 0.5) is 17.8 Å². The number of rotatable bonds is 16. The smallest absolute Gasteiger partial charge is 0.231 e. The van der Waals surface area contributed by atoms with E-state index in [1.165, 1.54) is 5.06 Å². The fraction of sp³-hybridized carbons (Fsp3) is 0.893. The van der Waals surface area contributed by atoms with Gasteiger partial charge in [-0.3, -0.25) is 0 Å². The van der Waals surface area contributed by atoms with E-state index in [1.54, 1.807) is 0 Å². The number of anilines is 3. The molecule has 0 aliphatic carbocycles. The van der Waals surface area contributed by atoms with Gasteiger partial charge in [0.25, 0.3) is 0 Å². The van der Waals surface area contributed by atoms with Crippen LogP contribution >= 0.6 is 0 Å². The van der Waals surface area contributed by atoms with Gasteiger partial charge < -0.3 is 15.1 Å². The maximum atomic E-state index is 12.9. The van der Waals surface area contributed by atoms with Crippen LogP contribution in [0, 0.1) is 0 Å². The third-order valence-electron chi connectivity index (χ3n) is 7.23. The van der Waals surface area contributed by atoms with Crippen LogP contribution in [0.15, 0.2) is 0 Å². The Labute approximate surface area is 221 Å². The minimum atomic E-state index is -0.444. The van der Waals surface area contributed by atoms with Crippen molar-refractivity contribution in [3.05, 3.63) is 0 Å². The first-order valence-electron chi connectivity index (χ1n) is 14.6. The Balaban J connectivity index is 2.44. The molecule has 0 aromatic carbocycles. The zero-order chi connectivity index (χ0) is 26.8. The van der Waals surface area contributed by atoms with Crippen molar-refractivity contribution in [3.63, 3.8) is 0 Å². The third-order valence-corrected chi connectivity index (χ3v) is 7.23. The molecule has 1 fully saturated rings. The van der Waals surface area contributed by atoms with Crippen LogP contribution in [0.25, 0.3) is 0 Å². The highest BCUT2D eigenvalue weighted by Crippen LogP contribution is 2.38. The lowest BCUT2D eigenvalue weighted by molar-refractivity contribution is -0.288. The summed E-state index contributed by atoms with van der Waals surface area (Å²) < 4.78 is 0. The molecule has 0 atom stereocenters. The second-order valence-corrected chi connectivity index (χ2v) is 11.8. The van der Waals surface area contributed by atoms with Crippen LogP contribution in [0.1, 0.15) is 120 Å². The SMILES string of the molecule is CCCCN(CCCC)c1nc(NC2CC(C)(C)N([O])C(C)(C)C2)nc(N(CCCC)CCCC)n1. The molecule has 1 saturated heterocycles. The van der Waals surface area contributed by atoms with E-state index in [9.17, 15) is 5.21 Å². The summed E-state index contributed by atoms with van der Waals surface area (Å²) in [5, 5.41) is 17.8. The summed E-state index contributed by atoms with van der Waals surface area (Å²) in [7, 11) is 0. The Hall–Kier alpha value is -1.67. The number of aromatic nitrogens is 3. The van der Waals surface area contributed by atoms with Gasteiger partial charge in [0, 0.05) is 43.3 Å². The van der Waals surface area contributed by atoms with E-state index in [0.29, 0.717) is 5.95 Å². The zero-order valence-corrected chi connectivity index (χ0v) is 24.6. The fourth-order valence-electron chi connectivity index (χ4n) is 5.27. The van der Waals surface area contributed by atoms with Crippen LogP contribution < -0.4 is 15.1 Å². The summed E-state index contributed by atoms with van der Waals surface area (Å²) in [4.78, 5) is 19.7. The molecule has 2 rings (SSSR count). The lowest BCUT2D eigenvalue weighted by atomic mass is 9.79. The van der Waals surface area contributed by atoms with Gasteiger partial charge in [-0.25, -0.2) is 0 Å². The monoisotopic (exact) mass is 504 g/mol. The summed E-state index contributed by atoms with van der Waals surface area (Å²) in [5.41, 5.74) is -0.888. The quantitative estimate of drug-likeness (QED) is 0.276. The van der Waals surface area contributed by atoms with E-state index < -0.39 is 11.1 Å². The van der Waals surface area contributed by atoms with Gasteiger partial charge in [0.05, 0.1) is 0 Å². The van der Waals surface area contributed by atoms with Crippen molar-refractivity contribution < 1.29 is 5.21 Å². The molecule has 0 amide bonds. The number of hydrogen-bond donors (Lipinski definition) is 1. The molecule has 2 heterocycles. The number of nitrogens with one attached hydrogen (secondary N) is 1. The maximum absolute atomic E-state index is 12.9. The van der Waals surface area contributed by atoms with E-state index in [2.05, 4.69) is 42.8 Å². The second-order valence-electron chi connectivity index (χ2n) is 11.8. The Bertz CT molecular complexity index is 698. The molecule has 1 N–H and O–H groups in total. The van der Waals surface area contributed by atoms with Gasteiger partial charge in [-0.05, 0) is 66.2 Å². The van der Waals surface area contributed by atoms with E-state index in [4.69, 9.17) is 15.0 Å². The first-order valence-corrected chi connectivity index (χ1v) is 14.6. The van der Waals surface area contributed by atoms with Crippen molar-refractivity contribution in [1.29, 1.82) is 0 Å².